The lowest BCUT2D eigenvalue weighted by molar-refractivity contribution is -0.135. The molecule has 1 atom stereocenters. The van der Waals surface area contributed by atoms with Crippen molar-refractivity contribution >= 4 is 17.7 Å². The highest BCUT2D eigenvalue weighted by molar-refractivity contribution is 5.91. The molecule has 23 heavy (non-hydrogen) atoms. The highest BCUT2D eigenvalue weighted by Gasteiger charge is 2.34. The molecule has 124 valence electrons. The molecular weight excluding hydrogens is 294 g/mol. The van der Waals surface area contributed by atoms with E-state index in [0.29, 0.717) is 13.1 Å². The Morgan fingerprint density at radius 2 is 1.83 bits per heavy atom. The van der Waals surface area contributed by atoms with E-state index in [-0.39, 0.29) is 24.1 Å². The van der Waals surface area contributed by atoms with Crippen molar-refractivity contribution in [2.24, 2.45) is 11.3 Å². The third-order valence-electron chi connectivity index (χ3n) is 3.78. The summed E-state index contributed by atoms with van der Waals surface area (Å²) in [5.74, 6) is -1.08. The molecule has 6 heteroatoms. The van der Waals surface area contributed by atoms with Gasteiger partial charge in [-0.3, -0.25) is 25.2 Å². The number of carbonyl (C=O) groups is 3. The number of rotatable bonds is 3. The van der Waals surface area contributed by atoms with Gasteiger partial charge in [-0.1, -0.05) is 51.1 Å². The second-order valence-corrected chi connectivity index (χ2v) is 6.85. The van der Waals surface area contributed by atoms with Gasteiger partial charge in [0.1, 0.15) is 0 Å². The molecule has 2 N–H and O–H groups in total. The summed E-state index contributed by atoms with van der Waals surface area (Å²) in [6.45, 7) is 6.14. The molecule has 0 radical (unpaired) electrons. The van der Waals surface area contributed by atoms with Crippen molar-refractivity contribution in [3.05, 3.63) is 35.9 Å². The minimum absolute atomic E-state index is 0.0452. The van der Waals surface area contributed by atoms with Gasteiger partial charge in [-0.2, -0.15) is 0 Å². The molecule has 1 fully saturated rings. The molecule has 1 saturated heterocycles. The van der Waals surface area contributed by atoms with Crippen molar-refractivity contribution in [3.8, 4) is 0 Å². The first kappa shape index (κ1) is 17.0. The predicted octanol–water partition coefficient (Wildman–Crippen LogP) is 1.23. The summed E-state index contributed by atoms with van der Waals surface area (Å²) in [6, 6.07) is 9.65. The molecule has 0 saturated carbocycles. The molecule has 0 aliphatic carbocycles. The van der Waals surface area contributed by atoms with E-state index in [0.717, 1.165) is 5.56 Å². The van der Waals surface area contributed by atoms with Crippen LogP contribution in [0.25, 0.3) is 0 Å². The molecular formula is C17H23N3O3. The van der Waals surface area contributed by atoms with Crippen molar-refractivity contribution in [3.63, 3.8) is 0 Å². The van der Waals surface area contributed by atoms with Gasteiger partial charge in [0, 0.05) is 24.9 Å². The number of likely N-dealkylation sites (tertiary alicyclic amines) is 1. The Labute approximate surface area is 136 Å². The highest BCUT2D eigenvalue weighted by atomic mass is 16.2. The summed E-state index contributed by atoms with van der Waals surface area (Å²) in [4.78, 5) is 37.6. The minimum Gasteiger partial charge on any atom is -0.338 e. The summed E-state index contributed by atoms with van der Waals surface area (Å²) in [7, 11) is 0. The first-order valence-electron chi connectivity index (χ1n) is 7.69. The maximum atomic E-state index is 12.1. The normalized spacial score (nSPS) is 18.0. The van der Waals surface area contributed by atoms with Crippen LogP contribution >= 0.6 is 0 Å². The van der Waals surface area contributed by atoms with Crippen LogP contribution in [0.5, 0.6) is 0 Å². The monoisotopic (exact) mass is 317 g/mol. The topological polar surface area (TPSA) is 78.5 Å². The maximum absolute atomic E-state index is 12.1. The van der Waals surface area contributed by atoms with Crippen molar-refractivity contribution in [2.75, 3.05) is 6.54 Å². The zero-order chi connectivity index (χ0) is 17.0. The van der Waals surface area contributed by atoms with Gasteiger partial charge >= 0.3 is 0 Å². The smallest absolute Gasteiger partial charge is 0.243 e. The van der Waals surface area contributed by atoms with Crippen LogP contribution in [0.4, 0.5) is 0 Å². The molecule has 3 amide bonds. The van der Waals surface area contributed by atoms with Gasteiger partial charge in [0.15, 0.2) is 0 Å². The second-order valence-electron chi connectivity index (χ2n) is 6.85. The fraction of sp³-hybridized carbons (Fsp3) is 0.471. The van der Waals surface area contributed by atoms with Crippen LogP contribution < -0.4 is 10.9 Å². The first-order valence-corrected chi connectivity index (χ1v) is 7.69. The predicted molar refractivity (Wildman–Crippen MR) is 85.7 cm³/mol. The molecule has 1 aliphatic heterocycles. The van der Waals surface area contributed by atoms with E-state index in [4.69, 9.17) is 0 Å². The van der Waals surface area contributed by atoms with Gasteiger partial charge in [-0.15, -0.1) is 0 Å². The van der Waals surface area contributed by atoms with Crippen LogP contribution in [0.2, 0.25) is 0 Å². The van der Waals surface area contributed by atoms with Gasteiger partial charge in [-0.25, -0.2) is 0 Å². The number of hydrazine groups is 1. The Morgan fingerprint density at radius 3 is 2.43 bits per heavy atom. The average molecular weight is 317 g/mol. The van der Waals surface area contributed by atoms with E-state index in [9.17, 15) is 14.4 Å². The third-order valence-corrected chi connectivity index (χ3v) is 3.78. The Kier molecular flexibility index (Phi) is 5.03. The lowest BCUT2D eigenvalue weighted by Gasteiger charge is -2.19. The SMILES string of the molecule is CC(C)(C)C(=O)NNC(=O)[C@@H]1CC(=O)N(Cc2ccccc2)C1. The van der Waals surface area contributed by atoms with Crippen molar-refractivity contribution in [1.29, 1.82) is 0 Å². The Bertz CT molecular complexity index is 593. The zero-order valence-corrected chi connectivity index (χ0v) is 13.8. The first-order chi connectivity index (χ1) is 10.8. The molecule has 2 rings (SSSR count). The Morgan fingerprint density at radius 1 is 1.17 bits per heavy atom. The fourth-order valence-electron chi connectivity index (χ4n) is 2.31. The number of carbonyl (C=O) groups excluding carboxylic acids is 3. The largest absolute Gasteiger partial charge is 0.338 e. The van der Waals surface area contributed by atoms with E-state index >= 15 is 0 Å². The summed E-state index contributed by atoms with van der Waals surface area (Å²) >= 11 is 0. The maximum Gasteiger partial charge on any atom is 0.243 e. The van der Waals surface area contributed by atoms with Crippen LogP contribution in [0.3, 0.4) is 0 Å². The zero-order valence-electron chi connectivity index (χ0n) is 13.8. The Balaban J connectivity index is 1.87. The molecule has 1 heterocycles. The summed E-state index contributed by atoms with van der Waals surface area (Å²) in [5, 5.41) is 0. The number of hydrogen-bond donors (Lipinski definition) is 2. The van der Waals surface area contributed by atoms with Crippen LogP contribution in [0, 0.1) is 11.3 Å². The van der Waals surface area contributed by atoms with Gasteiger partial charge in [0.25, 0.3) is 0 Å². The van der Waals surface area contributed by atoms with E-state index in [1.807, 2.05) is 30.3 Å². The van der Waals surface area contributed by atoms with E-state index < -0.39 is 11.3 Å². The average Bonchev–Trinajstić information content (AvgIpc) is 2.85. The van der Waals surface area contributed by atoms with E-state index in [1.54, 1.807) is 25.7 Å². The van der Waals surface area contributed by atoms with Crippen LogP contribution in [0.1, 0.15) is 32.8 Å². The number of benzene rings is 1. The second kappa shape index (κ2) is 6.81. The van der Waals surface area contributed by atoms with Gasteiger partial charge in [0.05, 0.1) is 5.92 Å². The van der Waals surface area contributed by atoms with Crippen LogP contribution in [0.15, 0.2) is 30.3 Å². The van der Waals surface area contributed by atoms with Gasteiger partial charge in [-0.05, 0) is 5.56 Å². The molecule has 0 bridgehead atoms. The molecule has 1 aromatic rings. The molecule has 6 nitrogen and oxygen atoms in total. The molecule has 1 aromatic carbocycles. The molecule has 0 aromatic heterocycles. The summed E-state index contributed by atoms with van der Waals surface area (Å²) in [6.07, 6.45) is 0.171. The van der Waals surface area contributed by atoms with E-state index in [1.165, 1.54) is 0 Å². The molecule has 1 aliphatic rings. The Hall–Kier alpha value is -2.37. The number of amides is 3. The van der Waals surface area contributed by atoms with Crippen molar-refractivity contribution in [1.82, 2.24) is 15.8 Å². The lowest BCUT2D eigenvalue weighted by Crippen LogP contribution is -2.48. The van der Waals surface area contributed by atoms with Gasteiger partial charge in [0.2, 0.25) is 17.7 Å². The van der Waals surface area contributed by atoms with E-state index in [2.05, 4.69) is 10.9 Å². The number of hydrogen-bond acceptors (Lipinski definition) is 3. The van der Waals surface area contributed by atoms with Gasteiger partial charge < -0.3 is 4.90 Å². The highest BCUT2D eigenvalue weighted by Crippen LogP contribution is 2.20. The summed E-state index contributed by atoms with van der Waals surface area (Å²) in [5.41, 5.74) is 5.27. The number of nitrogens with zero attached hydrogens (tertiary/aromatic N) is 1. The third kappa shape index (κ3) is 4.55. The van der Waals surface area contributed by atoms with Crippen LogP contribution in [-0.4, -0.2) is 29.2 Å². The van der Waals surface area contributed by atoms with Crippen molar-refractivity contribution in [2.45, 2.75) is 33.7 Å². The quantitative estimate of drug-likeness (QED) is 0.823. The fourth-order valence-corrected chi connectivity index (χ4v) is 2.31. The summed E-state index contributed by atoms with van der Waals surface area (Å²) < 4.78 is 0. The molecule has 0 spiro atoms. The number of nitrogens with one attached hydrogen (secondary N) is 2. The lowest BCUT2D eigenvalue weighted by atomic mass is 9.96. The van der Waals surface area contributed by atoms with Crippen LogP contribution in [-0.2, 0) is 20.9 Å². The standard InChI is InChI=1S/C17H23N3O3/c1-17(2,3)16(23)19-18-15(22)13-9-14(21)20(11-13)10-12-7-5-4-6-8-12/h4-8,13H,9-11H2,1-3H3,(H,18,22)(H,19,23)/t13-/m1/s1. The van der Waals surface area contributed by atoms with Crippen molar-refractivity contribution < 1.29 is 14.4 Å². The minimum atomic E-state index is -0.585. The molecule has 0 unspecified atom stereocenters.